The molecule has 0 spiro atoms. The molecule has 0 aliphatic heterocycles. The number of hydrogen-bond donors (Lipinski definition) is 2. The van der Waals surface area contributed by atoms with E-state index >= 15 is 0 Å². The van der Waals surface area contributed by atoms with Gasteiger partial charge in [-0.05, 0) is 32.1 Å². The fraction of sp³-hybridized carbons (Fsp3) is 0.846. The first kappa shape index (κ1) is 29.5. The van der Waals surface area contributed by atoms with Crippen LogP contribution in [-0.4, -0.2) is 34.4 Å². The van der Waals surface area contributed by atoms with Gasteiger partial charge in [-0.25, -0.2) is 4.79 Å². The molecule has 2 atom stereocenters. The number of carboxylic acid groups (broad SMARTS) is 2. The lowest BCUT2D eigenvalue weighted by Gasteiger charge is -2.18. The second-order valence-electron chi connectivity index (χ2n) is 8.49. The summed E-state index contributed by atoms with van der Waals surface area (Å²) in [4.78, 5) is 22.2. The van der Waals surface area contributed by atoms with Crippen molar-refractivity contribution < 1.29 is 24.5 Å². The molecule has 0 fully saturated rings. The van der Waals surface area contributed by atoms with Crippen LogP contribution in [-0.2, 0) is 14.3 Å². The number of unbranched alkanes of at least 4 members (excludes halogenated alkanes) is 12. The van der Waals surface area contributed by atoms with Gasteiger partial charge in [-0.15, -0.1) is 5.92 Å². The highest BCUT2D eigenvalue weighted by Gasteiger charge is 2.21. The molecule has 0 saturated heterocycles. The van der Waals surface area contributed by atoms with Crippen molar-refractivity contribution in [1.29, 1.82) is 0 Å². The molecule has 2 unspecified atom stereocenters. The Kier molecular flexibility index (Phi) is 20.6. The third kappa shape index (κ3) is 20.1. The van der Waals surface area contributed by atoms with Crippen LogP contribution in [0.25, 0.3) is 0 Å². The van der Waals surface area contributed by atoms with E-state index in [1.54, 1.807) is 0 Å². The third-order valence-electron chi connectivity index (χ3n) is 5.45. The lowest BCUT2D eigenvalue weighted by Crippen LogP contribution is -2.29. The summed E-state index contributed by atoms with van der Waals surface area (Å²) in [7, 11) is 0. The van der Waals surface area contributed by atoms with Crippen molar-refractivity contribution in [2.45, 2.75) is 142 Å². The lowest BCUT2D eigenvalue weighted by atomic mass is 10.1. The largest absolute Gasteiger partial charge is 0.481 e. The number of aliphatic carboxylic acids is 2. The van der Waals surface area contributed by atoms with Crippen LogP contribution in [0.4, 0.5) is 0 Å². The Balaban J connectivity index is 4.26. The van der Waals surface area contributed by atoms with Crippen LogP contribution in [0.3, 0.4) is 0 Å². The van der Waals surface area contributed by atoms with Crippen molar-refractivity contribution in [3.8, 4) is 11.8 Å². The van der Waals surface area contributed by atoms with Gasteiger partial charge in [-0.3, -0.25) is 4.79 Å². The highest BCUT2D eigenvalue weighted by atomic mass is 16.5. The summed E-state index contributed by atoms with van der Waals surface area (Å²) in [5.74, 6) is 4.54. The Morgan fingerprint density at radius 1 is 0.742 bits per heavy atom. The van der Waals surface area contributed by atoms with Crippen LogP contribution in [0.15, 0.2) is 0 Å². The molecule has 0 saturated carbocycles. The predicted molar refractivity (Wildman–Crippen MR) is 126 cm³/mol. The summed E-state index contributed by atoms with van der Waals surface area (Å²) in [6.45, 7) is 4.27. The van der Waals surface area contributed by atoms with Gasteiger partial charge in [-0.2, -0.15) is 0 Å². The highest BCUT2D eigenvalue weighted by molar-refractivity contribution is 5.72. The molecule has 180 valence electrons. The van der Waals surface area contributed by atoms with Gasteiger partial charge in [0.2, 0.25) is 0 Å². The van der Waals surface area contributed by atoms with Gasteiger partial charge in [-0.1, -0.05) is 90.4 Å². The Morgan fingerprint density at radius 2 is 1.32 bits per heavy atom. The molecule has 0 rings (SSSR count). The predicted octanol–water partition coefficient (Wildman–Crippen LogP) is 6.97. The van der Waals surface area contributed by atoms with E-state index in [1.807, 2.05) is 6.92 Å². The summed E-state index contributed by atoms with van der Waals surface area (Å²) in [5, 5.41) is 18.2. The topological polar surface area (TPSA) is 83.8 Å². The third-order valence-corrected chi connectivity index (χ3v) is 5.45. The van der Waals surface area contributed by atoms with Gasteiger partial charge < -0.3 is 14.9 Å². The summed E-state index contributed by atoms with van der Waals surface area (Å²) in [6.07, 6.45) is 16.5. The van der Waals surface area contributed by atoms with Crippen molar-refractivity contribution in [3.63, 3.8) is 0 Å². The summed E-state index contributed by atoms with van der Waals surface area (Å²) in [5.41, 5.74) is 0. The van der Waals surface area contributed by atoms with E-state index in [0.717, 1.165) is 25.7 Å². The fourth-order valence-corrected chi connectivity index (χ4v) is 3.50. The highest BCUT2D eigenvalue weighted by Crippen LogP contribution is 2.14. The molecule has 0 aromatic heterocycles. The first-order valence-corrected chi connectivity index (χ1v) is 12.6. The van der Waals surface area contributed by atoms with E-state index in [-0.39, 0.29) is 6.42 Å². The van der Waals surface area contributed by atoms with E-state index in [9.17, 15) is 14.7 Å². The van der Waals surface area contributed by atoms with Crippen LogP contribution in [0.1, 0.15) is 129 Å². The number of carboxylic acids is 2. The monoisotopic (exact) mass is 438 g/mol. The summed E-state index contributed by atoms with van der Waals surface area (Å²) < 4.78 is 5.80. The van der Waals surface area contributed by atoms with Crippen LogP contribution in [0.5, 0.6) is 0 Å². The molecule has 0 amide bonds. The maximum Gasteiger partial charge on any atom is 0.332 e. The number of ether oxygens (including phenoxy) is 1. The summed E-state index contributed by atoms with van der Waals surface area (Å²) >= 11 is 0. The van der Waals surface area contributed by atoms with Crippen LogP contribution < -0.4 is 0 Å². The van der Waals surface area contributed by atoms with Crippen molar-refractivity contribution in [2.24, 2.45) is 0 Å². The zero-order valence-corrected chi connectivity index (χ0v) is 20.0. The van der Waals surface area contributed by atoms with Gasteiger partial charge in [0.25, 0.3) is 0 Å². The SMILES string of the molecule is CCCCCCCCCCCCC#CC(CCCCC(=O)O)OC(CCCC)C(=O)O. The minimum absolute atomic E-state index is 0.122. The van der Waals surface area contributed by atoms with Gasteiger partial charge in [0.1, 0.15) is 6.10 Å². The minimum atomic E-state index is -0.944. The molecule has 0 radical (unpaired) electrons. The van der Waals surface area contributed by atoms with Crippen molar-refractivity contribution in [1.82, 2.24) is 0 Å². The first-order valence-electron chi connectivity index (χ1n) is 12.6. The average molecular weight is 439 g/mol. The van der Waals surface area contributed by atoms with Crippen LogP contribution in [0, 0.1) is 11.8 Å². The molecule has 0 heterocycles. The number of carbonyl (C=O) groups is 2. The van der Waals surface area contributed by atoms with Gasteiger partial charge in [0, 0.05) is 12.8 Å². The molecule has 31 heavy (non-hydrogen) atoms. The van der Waals surface area contributed by atoms with E-state index in [4.69, 9.17) is 9.84 Å². The molecule has 0 bridgehead atoms. The second kappa shape index (κ2) is 21.7. The molecule has 0 aliphatic rings. The Morgan fingerprint density at radius 3 is 1.87 bits per heavy atom. The smallest absolute Gasteiger partial charge is 0.332 e. The standard InChI is InChI=1S/C26H46O5/c1-3-5-7-8-9-10-11-12-13-14-15-16-19-23(20-17-18-22-25(27)28)31-24(26(29)30)21-6-4-2/h23-24H,3-15,17-18,20-22H2,1-2H3,(H,27,28)(H,29,30). The quantitative estimate of drug-likeness (QED) is 0.149. The molecule has 5 nitrogen and oxygen atoms in total. The second-order valence-corrected chi connectivity index (χ2v) is 8.49. The van der Waals surface area contributed by atoms with Crippen LogP contribution >= 0.6 is 0 Å². The zero-order chi connectivity index (χ0) is 23.2. The van der Waals surface area contributed by atoms with E-state index < -0.39 is 24.1 Å². The Hall–Kier alpha value is -1.54. The molecular weight excluding hydrogens is 392 g/mol. The molecule has 0 aromatic carbocycles. The normalized spacial score (nSPS) is 12.7. The van der Waals surface area contributed by atoms with Crippen molar-refractivity contribution in [2.75, 3.05) is 0 Å². The minimum Gasteiger partial charge on any atom is -0.481 e. The zero-order valence-electron chi connectivity index (χ0n) is 20.0. The molecule has 0 aliphatic carbocycles. The van der Waals surface area contributed by atoms with Crippen molar-refractivity contribution in [3.05, 3.63) is 0 Å². The number of hydrogen-bond acceptors (Lipinski definition) is 3. The maximum atomic E-state index is 11.5. The van der Waals surface area contributed by atoms with Gasteiger partial charge >= 0.3 is 11.9 Å². The van der Waals surface area contributed by atoms with Crippen LogP contribution in [0.2, 0.25) is 0 Å². The molecule has 0 aromatic rings. The first-order chi connectivity index (χ1) is 15.0. The summed E-state index contributed by atoms with van der Waals surface area (Å²) in [6, 6.07) is 0. The number of rotatable bonds is 21. The molecule has 5 heteroatoms. The lowest BCUT2D eigenvalue weighted by molar-refractivity contribution is -0.153. The molecule has 2 N–H and O–H groups in total. The van der Waals surface area contributed by atoms with E-state index in [0.29, 0.717) is 25.7 Å². The van der Waals surface area contributed by atoms with E-state index in [1.165, 1.54) is 57.8 Å². The fourth-order valence-electron chi connectivity index (χ4n) is 3.50. The Labute approximate surface area is 190 Å². The molecular formula is C26H46O5. The Bertz CT molecular complexity index is 506. The maximum absolute atomic E-state index is 11.5. The van der Waals surface area contributed by atoms with E-state index in [2.05, 4.69) is 18.8 Å². The van der Waals surface area contributed by atoms with Gasteiger partial charge in [0.05, 0.1) is 0 Å². The average Bonchev–Trinajstić information content (AvgIpc) is 2.73. The van der Waals surface area contributed by atoms with Gasteiger partial charge in [0.15, 0.2) is 6.10 Å². The van der Waals surface area contributed by atoms with Crippen molar-refractivity contribution >= 4 is 11.9 Å².